The molecule has 2 heterocycles. The Morgan fingerprint density at radius 3 is 2.95 bits per heavy atom. The van der Waals surface area contributed by atoms with E-state index < -0.39 is 6.04 Å². The first-order valence-corrected chi connectivity index (χ1v) is 6.53. The minimum Gasteiger partial charge on any atom is -0.329 e. The fourth-order valence-corrected chi connectivity index (χ4v) is 2.56. The topological polar surface area (TPSA) is 64.0 Å². The summed E-state index contributed by atoms with van der Waals surface area (Å²) < 4.78 is 1.42. The van der Waals surface area contributed by atoms with Crippen LogP contribution in [-0.2, 0) is 4.79 Å². The van der Waals surface area contributed by atoms with Gasteiger partial charge in [0.2, 0.25) is 5.91 Å². The van der Waals surface area contributed by atoms with E-state index in [4.69, 9.17) is 0 Å². The molecule has 20 heavy (non-hydrogen) atoms. The van der Waals surface area contributed by atoms with Gasteiger partial charge < -0.3 is 5.32 Å². The molecule has 2 aromatic rings. The molecule has 0 aliphatic carbocycles. The van der Waals surface area contributed by atoms with Gasteiger partial charge in [0.05, 0.1) is 17.2 Å². The Labute approximate surface area is 115 Å². The van der Waals surface area contributed by atoms with Crippen molar-refractivity contribution in [1.29, 1.82) is 0 Å². The van der Waals surface area contributed by atoms with Crippen molar-refractivity contribution in [3.05, 3.63) is 52.7 Å². The van der Waals surface area contributed by atoms with Crippen LogP contribution in [-0.4, -0.2) is 15.5 Å². The van der Waals surface area contributed by atoms with Gasteiger partial charge in [-0.05, 0) is 31.4 Å². The number of hydrogen-bond acceptors (Lipinski definition) is 3. The summed E-state index contributed by atoms with van der Waals surface area (Å²) in [5.41, 5.74) is 2.16. The smallest absolute Gasteiger partial charge is 0.261 e. The van der Waals surface area contributed by atoms with Crippen LogP contribution in [0.5, 0.6) is 0 Å². The predicted octanol–water partition coefficient (Wildman–Crippen LogP) is 1.67. The van der Waals surface area contributed by atoms with Crippen LogP contribution >= 0.6 is 0 Å². The van der Waals surface area contributed by atoms with Gasteiger partial charge in [0.1, 0.15) is 6.04 Å². The monoisotopic (exact) mass is 269 g/mol. The Morgan fingerprint density at radius 2 is 2.20 bits per heavy atom. The molecule has 1 atom stereocenters. The van der Waals surface area contributed by atoms with E-state index in [0.717, 1.165) is 5.56 Å². The first-order valence-electron chi connectivity index (χ1n) is 6.53. The van der Waals surface area contributed by atoms with Crippen LogP contribution in [0.2, 0.25) is 0 Å². The van der Waals surface area contributed by atoms with Gasteiger partial charge in [-0.25, -0.2) is 4.98 Å². The summed E-state index contributed by atoms with van der Waals surface area (Å²) in [4.78, 5) is 28.9. The van der Waals surface area contributed by atoms with Gasteiger partial charge in [0.25, 0.3) is 5.56 Å². The average Bonchev–Trinajstić information content (AvgIpc) is 2.41. The summed E-state index contributed by atoms with van der Waals surface area (Å²) in [7, 11) is 0. The first kappa shape index (κ1) is 12.6. The largest absolute Gasteiger partial charge is 0.329 e. The molecule has 3 rings (SSSR count). The number of allylic oxidation sites excluding steroid dienone is 1. The lowest BCUT2D eigenvalue weighted by Gasteiger charge is -2.25. The molecule has 0 radical (unpaired) electrons. The maximum Gasteiger partial charge on any atom is 0.261 e. The number of benzene rings is 1. The highest BCUT2D eigenvalue weighted by molar-refractivity contribution is 5.84. The second-order valence-electron chi connectivity index (χ2n) is 5.08. The molecule has 1 aromatic heterocycles. The van der Waals surface area contributed by atoms with Crippen molar-refractivity contribution in [2.45, 2.75) is 25.8 Å². The highest BCUT2D eigenvalue weighted by Gasteiger charge is 2.26. The predicted molar refractivity (Wildman–Crippen MR) is 76.3 cm³/mol. The molecule has 1 aliphatic heterocycles. The van der Waals surface area contributed by atoms with E-state index in [1.54, 1.807) is 6.07 Å². The number of carbonyl (C=O) groups excluding carboxylic acids is 1. The summed E-state index contributed by atoms with van der Waals surface area (Å²) in [6.07, 6.45) is 2.72. The summed E-state index contributed by atoms with van der Waals surface area (Å²) in [5, 5.41) is 3.24. The fourth-order valence-electron chi connectivity index (χ4n) is 2.56. The number of aromatic nitrogens is 2. The SMILES string of the molecule is C=C1CCC(n2cnc3c(C)cccc3c2=O)C(=O)N1. The summed E-state index contributed by atoms with van der Waals surface area (Å²) in [5.74, 6) is -0.197. The Balaban J connectivity index is 2.14. The number of nitrogens with zero attached hydrogens (tertiary/aromatic N) is 2. The Hall–Kier alpha value is -2.43. The number of para-hydroxylation sites is 1. The molecule has 1 N–H and O–H groups in total. The van der Waals surface area contributed by atoms with Crippen LogP contribution in [0.1, 0.15) is 24.4 Å². The van der Waals surface area contributed by atoms with Crippen LogP contribution in [0.3, 0.4) is 0 Å². The average molecular weight is 269 g/mol. The number of nitrogens with one attached hydrogen (secondary N) is 1. The number of fused-ring (bicyclic) bond motifs is 1. The maximum atomic E-state index is 12.5. The fraction of sp³-hybridized carbons (Fsp3) is 0.267. The van der Waals surface area contributed by atoms with Crippen LogP contribution in [0, 0.1) is 6.92 Å². The normalized spacial score (nSPS) is 19.1. The molecule has 1 aromatic carbocycles. The lowest BCUT2D eigenvalue weighted by atomic mass is 10.0. The lowest BCUT2D eigenvalue weighted by Crippen LogP contribution is -2.40. The quantitative estimate of drug-likeness (QED) is 0.856. The van der Waals surface area contributed by atoms with Crippen LogP contribution in [0.25, 0.3) is 10.9 Å². The number of aryl methyl sites for hydroxylation is 1. The molecule has 102 valence electrons. The van der Waals surface area contributed by atoms with Crippen LogP contribution in [0.4, 0.5) is 0 Å². The van der Waals surface area contributed by atoms with Gasteiger partial charge in [-0.15, -0.1) is 0 Å². The highest BCUT2D eigenvalue weighted by atomic mass is 16.2. The van der Waals surface area contributed by atoms with Crippen molar-refractivity contribution in [2.75, 3.05) is 0 Å². The third-order valence-corrected chi connectivity index (χ3v) is 3.67. The van der Waals surface area contributed by atoms with Gasteiger partial charge in [-0.2, -0.15) is 0 Å². The van der Waals surface area contributed by atoms with E-state index in [1.807, 2.05) is 19.1 Å². The minimum atomic E-state index is -0.509. The number of amides is 1. The summed E-state index contributed by atoms with van der Waals surface area (Å²) in [6.45, 7) is 5.65. The van der Waals surface area contributed by atoms with Crippen molar-refractivity contribution in [3.8, 4) is 0 Å². The number of carbonyl (C=O) groups is 1. The van der Waals surface area contributed by atoms with Crippen molar-refractivity contribution < 1.29 is 4.79 Å². The second-order valence-corrected chi connectivity index (χ2v) is 5.08. The first-order chi connectivity index (χ1) is 9.58. The minimum absolute atomic E-state index is 0.175. The third kappa shape index (κ3) is 1.91. The van der Waals surface area contributed by atoms with Crippen molar-refractivity contribution in [3.63, 3.8) is 0 Å². The van der Waals surface area contributed by atoms with E-state index >= 15 is 0 Å². The molecule has 0 bridgehead atoms. The maximum absolute atomic E-state index is 12.5. The zero-order chi connectivity index (χ0) is 14.3. The number of hydrogen-bond donors (Lipinski definition) is 1. The Kier molecular flexibility index (Phi) is 2.89. The molecule has 1 amide bonds. The summed E-state index contributed by atoms with van der Waals surface area (Å²) >= 11 is 0. The Bertz CT molecular complexity index is 776. The molecule has 5 heteroatoms. The molecule has 1 fully saturated rings. The lowest BCUT2D eigenvalue weighted by molar-refractivity contribution is -0.124. The van der Waals surface area contributed by atoms with Gasteiger partial charge >= 0.3 is 0 Å². The Morgan fingerprint density at radius 1 is 1.40 bits per heavy atom. The molecule has 5 nitrogen and oxygen atoms in total. The van der Waals surface area contributed by atoms with Crippen LogP contribution < -0.4 is 10.9 Å². The van der Waals surface area contributed by atoms with Crippen molar-refractivity contribution >= 4 is 16.8 Å². The molecule has 1 aliphatic rings. The number of rotatable bonds is 1. The molecule has 0 saturated carbocycles. The molecule has 0 spiro atoms. The van der Waals surface area contributed by atoms with Gasteiger partial charge in [-0.1, -0.05) is 18.7 Å². The van der Waals surface area contributed by atoms with Crippen molar-refractivity contribution in [1.82, 2.24) is 14.9 Å². The molecule has 1 saturated heterocycles. The van der Waals surface area contributed by atoms with Gasteiger partial charge in [0.15, 0.2) is 0 Å². The highest BCUT2D eigenvalue weighted by Crippen LogP contribution is 2.21. The number of piperidine rings is 1. The van der Waals surface area contributed by atoms with E-state index in [2.05, 4.69) is 16.9 Å². The zero-order valence-corrected chi connectivity index (χ0v) is 11.2. The van der Waals surface area contributed by atoms with E-state index in [1.165, 1.54) is 10.9 Å². The van der Waals surface area contributed by atoms with E-state index in [0.29, 0.717) is 29.4 Å². The van der Waals surface area contributed by atoms with E-state index in [-0.39, 0.29) is 11.5 Å². The zero-order valence-electron chi connectivity index (χ0n) is 11.2. The molecular weight excluding hydrogens is 254 g/mol. The standard InChI is InChI=1S/C15H15N3O2/c1-9-4-3-5-11-13(9)16-8-18(15(11)20)12-7-6-10(2)17-14(12)19/h3-5,8,12H,2,6-7H2,1H3,(H,17,19). The molecule has 1 unspecified atom stereocenters. The van der Waals surface area contributed by atoms with Gasteiger partial charge in [-0.3, -0.25) is 14.2 Å². The van der Waals surface area contributed by atoms with Crippen LogP contribution in [0.15, 0.2) is 41.6 Å². The third-order valence-electron chi connectivity index (χ3n) is 3.67. The molecular formula is C15H15N3O2. The second kappa shape index (κ2) is 4.59. The van der Waals surface area contributed by atoms with Crippen molar-refractivity contribution in [2.24, 2.45) is 0 Å². The van der Waals surface area contributed by atoms with Gasteiger partial charge in [0, 0.05) is 5.70 Å². The van der Waals surface area contributed by atoms with E-state index in [9.17, 15) is 9.59 Å². The summed E-state index contributed by atoms with van der Waals surface area (Å²) in [6, 6.07) is 4.98.